The monoisotopic (exact) mass is 253 g/mol. The number of hydrogen-bond donors (Lipinski definition) is 2. The normalized spacial score (nSPS) is 22.8. The molecule has 0 aliphatic carbocycles. The smallest absolute Gasteiger partial charge is 0.156 e. The lowest BCUT2D eigenvalue weighted by molar-refractivity contribution is 0.188. The number of piperidine rings is 1. The van der Waals surface area contributed by atoms with E-state index >= 15 is 0 Å². The Morgan fingerprint density at radius 1 is 1.59 bits per heavy atom. The van der Waals surface area contributed by atoms with Gasteiger partial charge < -0.3 is 10.9 Å². The molecule has 1 saturated heterocycles. The molecule has 94 valence electrons. The molecule has 1 aromatic heterocycles. The molecule has 2 rings (SSSR count). The Labute approximate surface area is 106 Å². The summed E-state index contributed by atoms with van der Waals surface area (Å²) in [6, 6.07) is 4.36. The third kappa shape index (κ3) is 3.20. The molecule has 1 aromatic rings. The molecule has 0 aromatic carbocycles. The van der Waals surface area contributed by atoms with E-state index in [1.54, 1.807) is 11.3 Å². The van der Waals surface area contributed by atoms with E-state index in [1.165, 1.54) is 11.3 Å². The highest BCUT2D eigenvalue weighted by atomic mass is 32.1. The fourth-order valence-corrected chi connectivity index (χ4v) is 3.07. The number of hydrogen-bond acceptors (Lipinski definition) is 4. The van der Waals surface area contributed by atoms with E-state index in [4.69, 9.17) is 10.9 Å². The zero-order valence-corrected chi connectivity index (χ0v) is 10.7. The number of nitrogens with zero attached hydrogens (tertiary/aromatic N) is 2. The van der Waals surface area contributed by atoms with Gasteiger partial charge in [-0.1, -0.05) is 17.6 Å². The Morgan fingerprint density at radius 3 is 3.18 bits per heavy atom. The van der Waals surface area contributed by atoms with Gasteiger partial charge in [-0.15, -0.1) is 11.3 Å². The minimum Gasteiger partial charge on any atom is -0.409 e. The van der Waals surface area contributed by atoms with E-state index in [0.29, 0.717) is 5.84 Å². The molecule has 1 aliphatic heterocycles. The highest BCUT2D eigenvalue weighted by Gasteiger charge is 2.25. The van der Waals surface area contributed by atoms with Crippen LogP contribution in [0.25, 0.3) is 0 Å². The number of amidine groups is 1. The Balaban J connectivity index is 1.92. The van der Waals surface area contributed by atoms with Crippen molar-refractivity contribution in [2.75, 3.05) is 13.1 Å². The lowest BCUT2D eigenvalue weighted by atomic mass is 10.0. The summed E-state index contributed by atoms with van der Waals surface area (Å²) < 4.78 is 0. The molecule has 0 saturated carbocycles. The molecule has 3 N–H and O–H groups in total. The maximum absolute atomic E-state index is 8.80. The van der Waals surface area contributed by atoms with Crippen molar-refractivity contribution < 1.29 is 5.21 Å². The second-order valence-electron chi connectivity index (χ2n) is 4.40. The molecule has 0 radical (unpaired) electrons. The molecule has 0 bridgehead atoms. The van der Waals surface area contributed by atoms with Gasteiger partial charge in [-0.3, -0.25) is 4.90 Å². The van der Waals surface area contributed by atoms with Crippen LogP contribution in [0.3, 0.4) is 0 Å². The van der Waals surface area contributed by atoms with E-state index in [0.717, 1.165) is 32.4 Å². The molecule has 2 heterocycles. The van der Waals surface area contributed by atoms with Gasteiger partial charge in [0, 0.05) is 11.4 Å². The Kier molecular flexibility index (Phi) is 4.39. The fourth-order valence-electron chi connectivity index (χ4n) is 2.37. The number of thiophene rings is 1. The minimum absolute atomic E-state index is 0.119. The largest absolute Gasteiger partial charge is 0.409 e. The summed E-state index contributed by atoms with van der Waals surface area (Å²) in [5.41, 5.74) is 5.75. The van der Waals surface area contributed by atoms with E-state index in [1.807, 2.05) is 0 Å². The first kappa shape index (κ1) is 12.4. The second kappa shape index (κ2) is 6.02. The summed E-state index contributed by atoms with van der Waals surface area (Å²) in [6.07, 6.45) is 4.42. The Hall–Kier alpha value is -1.07. The van der Waals surface area contributed by atoms with Crippen LogP contribution in [0.5, 0.6) is 0 Å². The van der Waals surface area contributed by atoms with Crippen molar-refractivity contribution in [3.8, 4) is 0 Å². The zero-order valence-electron chi connectivity index (χ0n) is 9.88. The maximum atomic E-state index is 8.80. The SMILES string of the molecule is NC(=NO)C1CCCCN1CCc1cccs1. The van der Waals surface area contributed by atoms with Crippen LogP contribution in [0.2, 0.25) is 0 Å². The van der Waals surface area contributed by atoms with Gasteiger partial charge in [-0.05, 0) is 37.3 Å². The van der Waals surface area contributed by atoms with Crippen molar-refractivity contribution in [2.45, 2.75) is 31.7 Å². The van der Waals surface area contributed by atoms with Crippen LogP contribution in [0.15, 0.2) is 22.7 Å². The summed E-state index contributed by atoms with van der Waals surface area (Å²) in [4.78, 5) is 3.73. The van der Waals surface area contributed by atoms with Crippen LogP contribution in [-0.2, 0) is 6.42 Å². The van der Waals surface area contributed by atoms with Gasteiger partial charge in [0.15, 0.2) is 5.84 Å². The molecule has 17 heavy (non-hydrogen) atoms. The van der Waals surface area contributed by atoms with Gasteiger partial charge in [0.1, 0.15) is 0 Å². The Morgan fingerprint density at radius 2 is 2.47 bits per heavy atom. The van der Waals surface area contributed by atoms with Crippen molar-refractivity contribution in [1.82, 2.24) is 4.90 Å². The summed E-state index contributed by atoms with van der Waals surface area (Å²) in [6.45, 7) is 2.04. The molecule has 1 unspecified atom stereocenters. The van der Waals surface area contributed by atoms with Crippen LogP contribution in [0, 0.1) is 0 Å². The molecular formula is C12H19N3OS. The lowest BCUT2D eigenvalue weighted by Gasteiger charge is -2.34. The van der Waals surface area contributed by atoms with Gasteiger partial charge in [-0.2, -0.15) is 0 Å². The summed E-state index contributed by atoms with van der Waals surface area (Å²) in [5, 5.41) is 14.1. The number of nitrogens with two attached hydrogens (primary N) is 1. The van der Waals surface area contributed by atoms with Crippen LogP contribution in [0.4, 0.5) is 0 Å². The van der Waals surface area contributed by atoms with Crippen LogP contribution in [0.1, 0.15) is 24.1 Å². The molecule has 4 nitrogen and oxygen atoms in total. The molecule has 1 fully saturated rings. The van der Waals surface area contributed by atoms with Crippen molar-refractivity contribution in [3.63, 3.8) is 0 Å². The number of oxime groups is 1. The second-order valence-corrected chi connectivity index (χ2v) is 5.43. The first-order valence-corrected chi connectivity index (χ1v) is 6.93. The van der Waals surface area contributed by atoms with Crippen molar-refractivity contribution in [3.05, 3.63) is 22.4 Å². The van der Waals surface area contributed by atoms with E-state index < -0.39 is 0 Å². The molecule has 0 amide bonds. The minimum atomic E-state index is 0.119. The van der Waals surface area contributed by atoms with Crippen molar-refractivity contribution >= 4 is 17.2 Å². The van der Waals surface area contributed by atoms with Gasteiger partial charge in [0.05, 0.1) is 6.04 Å². The van der Waals surface area contributed by atoms with Crippen molar-refractivity contribution in [1.29, 1.82) is 0 Å². The number of rotatable bonds is 4. The summed E-state index contributed by atoms with van der Waals surface area (Å²) in [7, 11) is 0. The third-order valence-electron chi connectivity index (χ3n) is 3.30. The van der Waals surface area contributed by atoms with E-state index in [9.17, 15) is 0 Å². The highest BCUT2D eigenvalue weighted by molar-refractivity contribution is 7.09. The molecule has 1 atom stereocenters. The predicted molar refractivity (Wildman–Crippen MR) is 70.6 cm³/mol. The molecule has 5 heteroatoms. The predicted octanol–water partition coefficient (Wildman–Crippen LogP) is 1.89. The van der Waals surface area contributed by atoms with Gasteiger partial charge >= 0.3 is 0 Å². The van der Waals surface area contributed by atoms with Crippen LogP contribution < -0.4 is 5.73 Å². The topological polar surface area (TPSA) is 61.9 Å². The third-order valence-corrected chi connectivity index (χ3v) is 4.23. The van der Waals surface area contributed by atoms with E-state index in [-0.39, 0.29) is 6.04 Å². The average molecular weight is 253 g/mol. The number of likely N-dealkylation sites (tertiary alicyclic amines) is 1. The lowest BCUT2D eigenvalue weighted by Crippen LogP contribution is -2.48. The average Bonchev–Trinajstić information content (AvgIpc) is 2.89. The highest BCUT2D eigenvalue weighted by Crippen LogP contribution is 2.18. The summed E-state index contributed by atoms with van der Waals surface area (Å²) in [5.74, 6) is 0.357. The standard InChI is InChI=1S/C12H19N3OS/c13-12(14-16)11-5-1-2-7-15(11)8-6-10-4-3-9-17-10/h3-4,9,11,16H,1-2,5-8H2,(H2,13,14). The van der Waals surface area contributed by atoms with E-state index in [2.05, 4.69) is 27.6 Å². The maximum Gasteiger partial charge on any atom is 0.156 e. The molecule has 1 aliphatic rings. The van der Waals surface area contributed by atoms with Crippen molar-refractivity contribution in [2.24, 2.45) is 10.9 Å². The Bertz CT molecular complexity index is 364. The fraction of sp³-hybridized carbons (Fsp3) is 0.583. The molecule has 0 spiro atoms. The first-order valence-electron chi connectivity index (χ1n) is 6.05. The molecular weight excluding hydrogens is 234 g/mol. The zero-order chi connectivity index (χ0) is 12.1. The van der Waals surface area contributed by atoms with Gasteiger partial charge in [0.2, 0.25) is 0 Å². The summed E-state index contributed by atoms with van der Waals surface area (Å²) >= 11 is 1.79. The quantitative estimate of drug-likeness (QED) is 0.373. The first-order chi connectivity index (χ1) is 8.31. The van der Waals surface area contributed by atoms with Gasteiger partial charge in [0.25, 0.3) is 0 Å². The van der Waals surface area contributed by atoms with Crippen LogP contribution in [-0.4, -0.2) is 35.1 Å². The van der Waals surface area contributed by atoms with Gasteiger partial charge in [-0.25, -0.2) is 0 Å². The van der Waals surface area contributed by atoms with Crippen LogP contribution >= 0.6 is 11.3 Å².